The maximum Gasteiger partial charge on any atom is 0.226 e. The monoisotopic (exact) mass is 276 g/mol. The summed E-state index contributed by atoms with van der Waals surface area (Å²) in [6, 6.07) is 6.30. The van der Waals surface area contributed by atoms with Gasteiger partial charge in [-0.15, -0.1) is 0 Å². The zero-order chi connectivity index (χ0) is 14.5. The summed E-state index contributed by atoms with van der Waals surface area (Å²) in [5.74, 6) is 1.03. The molecule has 110 valence electrons. The standard InChI is InChI=1S/C16H24N2O2/c1-12-4-5-15(10-13(12)2)20-9-6-16(19)18-8-7-17-11-14(18)3/h4-5,10,14,17H,6-9,11H2,1-3H3/t14-/m1/s1. The van der Waals surface area contributed by atoms with E-state index in [1.54, 1.807) is 0 Å². The molecule has 0 bridgehead atoms. The van der Waals surface area contributed by atoms with Gasteiger partial charge in [0.05, 0.1) is 13.0 Å². The summed E-state index contributed by atoms with van der Waals surface area (Å²) in [7, 11) is 0. The lowest BCUT2D eigenvalue weighted by molar-refractivity contribution is -0.134. The van der Waals surface area contributed by atoms with Gasteiger partial charge in [0.2, 0.25) is 5.91 Å². The molecule has 1 aromatic rings. The molecule has 1 N–H and O–H groups in total. The van der Waals surface area contributed by atoms with Crippen molar-refractivity contribution in [1.29, 1.82) is 0 Å². The van der Waals surface area contributed by atoms with Gasteiger partial charge in [-0.3, -0.25) is 4.79 Å². The molecule has 1 aromatic carbocycles. The van der Waals surface area contributed by atoms with Gasteiger partial charge in [-0.05, 0) is 44.0 Å². The maximum atomic E-state index is 12.1. The lowest BCUT2D eigenvalue weighted by Crippen LogP contribution is -2.52. The number of piperazine rings is 1. The van der Waals surface area contributed by atoms with Crippen LogP contribution in [0, 0.1) is 13.8 Å². The first-order valence-electron chi connectivity index (χ1n) is 7.28. The van der Waals surface area contributed by atoms with Crippen LogP contribution in [0.15, 0.2) is 18.2 Å². The van der Waals surface area contributed by atoms with Crippen molar-refractivity contribution in [3.8, 4) is 5.75 Å². The Morgan fingerprint density at radius 3 is 2.90 bits per heavy atom. The normalized spacial score (nSPS) is 18.9. The zero-order valence-corrected chi connectivity index (χ0v) is 12.6. The van der Waals surface area contributed by atoms with Gasteiger partial charge in [0.1, 0.15) is 5.75 Å². The van der Waals surface area contributed by atoms with Crippen LogP contribution in [0.5, 0.6) is 5.75 Å². The molecule has 0 radical (unpaired) electrons. The molecule has 0 unspecified atom stereocenters. The van der Waals surface area contributed by atoms with Crippen molar-refractivity contribution in [1.82, 2.24) is 10.2 Å². The van der Waals surface area contributed by atoms with Crippen molar-refractivity contribution >= 4 is 5.91 Å². The topological polar surface area (TPSA) is 41.6 Å². The van der Waals surface area contributed by atoms with Gasteiger partial charge in [-0.1, -0.05) is 6.07 Å². The predicted octanol–water partition coefficient (Wildman–Crippen LogP) is 1.89. The van der Waals surface area contributed by atoms with E-state index in [1.807, 2.05) is 23.1 Å². The Balaban J connectivity index is 1.80. The highest BCUT2D eigenvalue weighted by molar-refractivity contribution is 5.76. The van der Waals surface area contributed by atoms with Crippen molar-refractivity contribution < 1.29 is 9.53 Å². The van der Waals surface area contributed by atoms with Gasteiger partial charge < -0.3 is 15.0 Å². The largest absolute Gasteiger partial charge is 0.493 e. The van der Waals surface area contributed by atoms with E-state index < -0.39 is 0 Å². The number of amides is 1. The minimum absolute atomic E-state index is 0.183. The second-order valence-electron chi connectivity index (χ2n) is 5.48. The molecule has 20 heavy (non-hydrogen) atoms. The van der Waals surface area contributed by atoms with Crippen molar-refractivity contribution in [2.24, 2.45) is 0 Å². The summed E-state index contributed by atoms with van der Waals surface area (Å²) < 4.78 is 5.68. The minimum atomic E-state index is 0.183. The Morgan fingerprint density at radius 1 is 1.40 bits per heavy atom. The summed E-state index contributed by atoms with van der Waals surface area (Å²) in [6.45, 7) is 9.22. The first-order chi connectivity index (χ1) is 9.58. The van der Waals surface area contributed by atoms with E-state index in [9.17, 15) is 4.79 Å². The highest BCUT2D eigenvalue weighted by Crippen LogP contribution is 2.16. The fraction of sp³-hybridized carbons (Fsp3) is 0.562. The van der Waals surface area contributed by atoms with Crippen LogP contribution >= 0.6 is 0 Å². The SMILES string of the molecule is Cc1ccc(OCCC(=O)N2CCNC[C@H]2C)cc1C. The lowest BCUT2D eigenvalue weighted by Gasteiger charge is -2.34. The summed E-state index contributed by atoms with van der Waals surface area (Å²) >= 11 is 0. The molecule has 4 nitrogen and oxygen atoms in total. The number of ether oxygens (including phenoxy) is 1. The molecule has 1 heterocycles. The second-order valence-corrected chi connectivity index (χ2v) is 5.48. The third kappa shape index (κ3) is 3.73. The summed E-state index contributed by atoms with van der Waals surface area (Å²) in [5, 5.41) is 3.29. The lowest BCUT2D eigenvalue weighted by atomic mass is 10.1. The quantitative estimate of drug-likeness (QED) is 0.913. The number of carbonyl (C=O) groups is 1. The number of nitrogens with zero attached hydrogens (tertiary/aromatic N) is 1. The number of hydrogen-bond donors (Lipinski definition) is 1. The second kappa shape index (κ2) is 6.75. The van der Waals surface area contributed by atoms with E-state index in [0.717, 1.165) is 25.4 Å². The number of carbonyl (C=O) groups excluding carboxylic acids is 1. The first-order valence-corrected chi connectivity index (χ1v) is 7.28. The minimum Gasteiger partial charge on any atom is -0.493 e. The smallest absolute Gasteiger partial charge is 0.226 e. The Labute approximate surface area is 121 Å². The Bertz CT molecular complexity index is 474. The average molecular weight is 276 g/mol. The highest BCUT2D eigenvalue weighted by Gasteiger charge is 2.22. The van der Waals surface area contributed by atoms with Gasteiger partial charge in [0.15, 0.2) is 0 Å². The van der Waals surface area contributed by atoms with Crippen LogP contribution in [0.1, 0.15) is 24.5 Å². The first kappa shape index (κ1) is 14.9. The van der Waals surface area contributed by atoms with E-state index in [2.05, 4.69) is 26.1 Å². The number of benzene rings is 1. The molecule has 0 aromatic heterocycles. The van der Waals surface area contributed by atoms with Crippen LogP contribution in [0.2, 0.25) is 0 Å². The van der Waals surface area contributed by atoms with Crippen LogP contribution in [0.4, 0.5) is 0 Å². The molecule has 1 saturated heterocycles. The molecule has 2 rings (SSSR count). The molecule has 1 aliphatic heterocycles. The molecule has 1 aliphatic rings. The number of nitrogens with one attached hydrogen (secondary N) is 1. The third-order valence-electron chi connectivity index (χ3n) is 3.88. The van der Waals surface area contributed by atoms with Gasteiger partial charge in [-0.25, -0.2) is 0 Å². The summed E-state index contributed by atoms with van der Waals surface area (Å²) in [5.41, 5.74) is 2.47. The fourth-order valence-corrected chi connectivity index (χ4v) is 2.42. The zero-order valence-electron chi connectivity index (χ0n) is 12.6. The Kier molecular flexibility index (Phi) is 5.01. The van der Waals surface area contributed by atoms with Crippen LogP contribution < -0.4 is 10.1 Å². The van der Waals surface area contributed by atoms with Gasteiger partial charge in [0.25, 0.3) is 0 Å². The molecular formula is C16H24N2O2. The van der Waals surface area contributed by atoms with E-state index in [1.165, 1.54) is 11.1 Å². The van der Waals surface area contributed by atoms with E-state index >= 15 is 0 Å². The molecule has 1 atom stereocenters. The summed E-state index contributed by atoms with van der Waals surface area (Å²) in [4.78, 5) is 14.1. The maximum absolute atomic E-state index is 12.1. The van der Waals surface area contributed by atoms with Crippen LogP contribution in [0.3, 0.4) is 0 Å². The molecule has 0 saturated carbocycles. The number of rotatable bonds is 4. The molecule has 0 spiro atoms. The number of aryl methyl sites for hydroxylation is 2. The van der Waals surface area contributed by atoms with E-state index in [-0.39, 0.29) is 11.9 Å². The van der Waals surface area contributed by atoms with Crippen molar-refractivity contribution in [2.75, 3.05) is 26.2 Å². The van der Waals surface area contributed by atoms with Gasteiger partial charge in [0, 0.05) is 25.7 Å². The van der Waals surface area contributed by atoms with Crippen LogP contribution in [-0.2, 0) is 4.79 Å². The van der Waals surface area contributed by atoms with Gasteiger partial charge >= 0.3 is 0 Å². The number of hydrogen-bond acceptors (Lipinski definition) is 3. The molecule has 4 heteroatoms. The Hall–Kier alpha value is -1.55. The molecule has 1 fully saturated rings. The Morgan fingerprint density at radius 2 is 2.20 bits per heavy atom. The molecular weight excluding hydrogens is 252 g/mol. The van der Waals surface area contributed by atoms with E-state index in [0.29, 0.717) is 13.0 Å². The fourth-order valence-electron chi connectivity index (χ4n) is 2.42. The predicted molar refractivity (Wildman–Crippen MR) is 80.1 cm³/mol. The average Bonchev–Trinajstić information content (AvgIpc) is 2.43. The van der Waals surface area contributed by atoms with Crippen LogP contribution in [-0.4, -0.2) is 43.1 Å². The highest BCUT2D eigenvalue weighted by atomic mass is 16.5. The van der Waals surface area contributed by atoms with Crippen molar-refractivity contribution in [3.63, 3.8) is 0 Å². The van der Waals surface area contributed by atoms with Crippen molar-refractivity contribution in [2.45, 2.75) is 33.2 Å². The van der Waals surface area contributed by atoms with Gasteiger partial charge in [-0.2, -0.15) is 0 Å². The van der Waals surface area contributed by atoms with Crippen molar-refractivity contribution in [3.05, 3.63) is 29.3 Å². The summed E-state index contributed by atoms with van der Waals surface area (Å²) in [6.07, 6.45) is 0.442. The molecule has 0 aliphatic carbocycles. The van der Waals surface area contributed by atoms with E-state index in [4.69, 9.17) is 4.74 Å². The molecule has 1 amide bonds. The third-order valence-corrected chi connectivity index (χ3v) is 3.88. The van der Waals surface area contributed by atoms with Crippen LogP contribution in [0.25, 0.3) is 0 Å².